The molecule has 1 aromatic carbocycles. The number of hydrogen-bond acceptors (Lipinski definition) is 8. The second-order valence-electron chi connectivity index (χ2n) is 11.7. The number of fused-ring (bicyclic) bond motifs is 1. The van der Waals surface area contributed by atoms with Gasteiger partial charge in [-0.2, -0.15) is 0 Å². The van der Waals surface area contributed by atoms with Gasteiger partial charge in [0.05, 0.1) is 26.4 Å². The zero-order chi connectivity index (χ0) is 30.8. The Balaban J connectivity index is 1.70. The number of amides is 3. The lowest BCUT2D eigenvalue weighted by Crippen LogP contribution is -2.49. The Morgan fingerprint density at radius 3 is 2.02 bits per heavy atom. The van der Waals surface area contributed by atoms with Crippen LogP contribution in [0.4, 0.5) is 4.79 Å². The normalized spacial score (nSPS) is 16.1. The van der Waals surface area contributed by atoms with E-state index < -0.39 is 17.7 Å². The van der Waals surface area contributed by atoms with Crippen LogP contribution in [0.25, 0.3) is 0 Å². The van der Waals surface area contributed by atoms with Gasteiger partial charge >= 0.3 is 6.09 Å². The summed E-state index contributed by atoms with van der Waals surface area (Å²) in [5, 5.41) is 5.60. The Morgan fingerprint density at radius 1 is 0.881 bits per heavy atom. The van der Waals surface area contributed by atoms with E-state index >= 15 is 0 Å². The summed E-state index contributed by atoms with van der Waals surface area (Å²) in [6, 6.07) is 6.84. The molecule has 1 aliphatic rings. The summed E-state index contributed by atoms with van der Waals surface area (Å²) in [4.78, 5) is 39.6. The van der Waals surface area contributed by atoms with Crippen molar-refractivity contribution in [2.24, 2.45) is 5.92 Å². The predicted molar refractivity (Wildman–Crippen MR) is 160 cm³/mol. The van der Waals surface area contributed by atoms with Crippen LogP contribution in [-0.2, 0) is 23.8 Å². The summed E-state index contributed by atoms with van der Waals surface area (Å²) in [6.07, 6.45) is 2.54. The molecule has 1 atom stereocenters. The lowest BCUT2D eigenvalue weighted by molar-refractivity contribution is -0.133. The highest BCUT2D eigenvalue weighted by Gasteiger charge is 2.25. The predicted octanol–water partition coefficient (Wildman–Crippen LogP) is 3.94. The zero-order valence-corrected chi connectivity index (χ0v) is 26.1. The fourth-order valence-electron chi connectivity index (χ4n) is 4.25. The fraction of sp³-hybridized carbons (Fsp3) is 0.710. The van der Waals surface area contributed by atoms with Crippen molar-refractivity contribution >= 4 is 17.9 Å². The number of carbonyl (C=O) groups excluding carboxylic acids is 3. The van der Waals surface area contributed by atoms with E-state index in [9.17, 15) is 14.4 Å². The summed E-state index contributed by atoms with van der Waals surface area (Å²) < 4.78 is 28.3. The second-order valence-corrected chi connectivity index (χ2v) is 11.7. The lowest BCUT2D eigenvalue weighted by atomic mass is 10.0. The molecule has 0 aromatic heterocycles. The highest BCUT2D eigenvalue weighted by atomic mass is 16.6. The topological polar surface area (TPSA) is 125 Å². The van der Waals surface area contributed by atoms with Crippen molar-refractivity contribution in [2.75, 3.05) is 59.3 Å². The quantitative estimate of drug-likeness (QED) is 0.391. The lowest BCUT2D eigenvalue weighted by Gasteiger charge is -2.24. The van der Waals surface area contributed by atoms with Crippen LogP contribution in [-0.4, -0.2) is 93.7 Å². The molecule has 2 N–H and O–H groups in total. The third kappa shape index (κ3) is 15.3. The van der Waals surface area contributed by atoms with Crippen LogP contribution >= 0.6 is 0 Å². The van der Waals surface area contributed by atoms with E-state index in [1.165, 1.54) is 0 Å². The molecule has 1 unspecified atom stereocenters. The SMILES string of the molecule is CC(C)CC(NC(=O)OC(C)(C)C)C(=O)NCCCCCC(=O)N1CCOCCOc2ccccc2OCCOCC1. The Hall–Kier alpha value is -3.05. The highest BCUT2D eigenvalue weighted by molar-refractivity contribution is 5.85. The molecule has 11 heteroatoms. The van der Waals surface area contributed by atoms with Crippen molar-refractivity contribution in [3.8, 4) is 11.5 Å². The zero-order valence-electron chi connectivity index (χ0n) is 26.1. The average Bonchev–Trinajstić information content (AvgIpc) is 2.92. The highest BCUT2D eigenvalue weighted by Crippen LogP contribution is 2.26. The molecule has 0 bridgehead atoms. The van der Waals surface area contributed by atoms with Crippen LogP contribution in [0.15, 0.2) is 24.3 Å². The van der Waals surface area contributed by atoms with Crippen LogP contribution in [0.1, 0.15) is 66.7 Å². The van der Waals surface area contributed by atoms with Crippen molar-refractivity contribution in [2.45, 2.75) is 78.4 Å². The first kappa shape index (κ1) is 35.1. The molecule has 0 spiro atoms. The van der Waals surface area contributed by atoms with Crippen LogP contribution < -0.4 is 20.1 Å². The first-order valence-electron chi connectivity index (χ1n) is 15.1. The van der Waals surface area contributed by atoms with E-state index in [1.807, 2.05) is 38.1 Å². The van der Waals surface area contributed by atoms with Crippen LogP contribution in [0.3, 0.4) is 0 Å². The molecule has 11 nitrogen and oxygen atoms in total. The largest absolute Gasteiger partial charge is 0.487 e. The molecule has 3 amide bonds. The molecule has 0 saturated heterocycles. The minimum atomic E-state index is -0.661. The minimum absolute atomic E-state index is 0.0500. The van der Waals surface area contributed by atoms with Gasteiger partial charge in [0.2, 0.25) is 11.8 Å². The standard InChI is InChI=1S/C31H51N3O8/c1-24(2)23-25(33-30(37)42-31(3,4)5)29(36)32-14-10-6-7-13-28(35)34-15-17-38-19-21-40-26-11-8-9-12-27(26)41-22-20-39-18-16-34/h8-9,11-12,24-25H,6-7,10,13-23H2,1-5H3,(H,32,36)(H,33,37). The molecular weight excluding hydrogens is 542 g/mol. The first-order valence-corrected chi connectivity index (χ1v) is 15.1. The number of nitrogens with one attached hydrogen (secondary N) is 2. The number of rotatable bonds is 10. The van der Waals surface area contributed by atoms with Gasteiger partial charge in [0.15, 0.2) is 11.5 Å². The van der Waals surface area contributed by atoms with Crippen molar-refractivity contribution < 1.29 is 38.1 Å². The summed E-state index contributed by atoms with van der Waals surface area (Å²) in [7, 11) is 0. The van der Waals surface area contributed by atoms with Crippen molar-refractivity contribution in [3.05, 3.63) is 24.3 Å². The van der Waals surface area contributed by atoms with Crippen molar-refractivity contribution in [3.63, 3.8) is 0 Å². The van der Waals surface area contributed by atoms with E-state index in [-0.39, 0.29) is 17.7 Å². The Morgan fingerprint density at radius 2 is 1.48 bits per heavy atom. The van der Waals surface area contributed by atoms with Gasteiger partial charge in [0.1, 0.15) is 24.9 Å². The number of nitrogens with zero attached hydrogens (tertiary/aromatic N) is 1. The molecule has 0 aliphatic carbocycles. The summed E-state index contributed by atoms with van der Waals surface area (Å²) >= 11 is 0. The number of ether oxygens (including phenoxy) is 5. The smallest absolute Gasteiger partial charge is 0.408 e. The summed E-state index contributed by atoms with van der Waals surface area (Å²) in [5.74, 6) is 1.38. The molecule has 2 rings (SSSR count). The van der Waals surface area contributed by atoms with Gasteiger partial charge in [-0.15, -0.1) is 0 Å². The van der Waals surface area contributed by atoms with Gasteiger partial charge < -0.3 is 39.2 Å². The van der Waals surface area contributed by atoms with E-state index in [1.54, 1.807) is 25.7 Å². The maximum Gasteiger partial charge on any atom is 0.408 e. The van der Waals surface area contributed by atoms with E-state index in [4.69, 9.17) is 23.7 Å². The van der Waals surface area contributed by atoms with Crippen LogP contribution in [0.2, 0.25) is 0 Å². The van der Waals surface area contributed by atoms with Crippen molar-refractivity contribution in [1.82, 2.24) is 15.5 Å². The van der Waals surface area contributed by atoms with Crippen molar-refractivity contribution in [1.29, 1.82) is 0 Å². The Kier molecular flexibility index (Phi) is 16.1. The summed E-state index contributed by atoms with van der Waals surface area (Å²) in [5.41, 5.74) is -0.639. The third-order valence-corrected chi connectivity index (χ3v) is 6.26. The van der Waals surface area contributed by atoms with E-state index in [0.717, 1.165) is 12.8 Å². The van der Waals surface area contributed by atoms with Crippen LogP contribution in [0, 0.1) is 5.92 Å². The van der Waals surface area contributed by atoms with Gasteiger partial charge in [-0.1, -0.05) is 32.4 Å². The molecule has 42 heavy (non-hydrogen) atoms. The molecule has 1 heterocycles. The second kappa shape index (κ2) is 19.2. The fourth-order valence-corrected chi connectivity index (χ4v) is 4.25. The maximum absolute atomic E-state index is 12.9. The molecule has 1 aliphatic heterocycles. The number of para-hydroxylation sites is 2. The van der Waals surface area contributed by atoms with Crippen LogP contribution in [0.5, 0.6) is 11.5 Å². The molecule has 238 valence electrons. The minimum Gasteiger partial charge on any atom is -0.487 e. The molecular formula is C31H51N3O8. The molecule has 0 radical (unpaired) electrons. The van der Waals surface area contributed by atoms with E-state index in [0.29, 0.717) is 90.0 Å². The number of unbranched alkanes of at least 4 members (excludes halogenated alkanes) is 2. The molecule has 1 aromatic rings. The average molecular weight is 594 g/mol. The number of benzene rings is 1. The van der Waals surface area contributed by atoms with Gasteiger partial charge in [0.25, 0.3) is 0 Å². The number of alkyl carbamates (subject to hydrolysis) is 1. The Bertz CT molecular complexity index is 915. The number of hydrogen-bond donors (Lipinski definition) is 2. The third-order valence-electron chi connectivity index (χ3n) is 6.26. The summed E-state index contributed by atoms with van der Waals surface area (Å²) in [6.45, 7) is 13.2. The van der Waals surface area contributed by atoms with Gasteiger partial charge in [-0.3, -0.25) is 9.59 Å². The Labute approximate surface area is 250 Å². The monoisotopic (exact) mass is 593 g/mol. The van der Waals surface area contributed by atoms with Gasteiger partial charge in [0, 0.05) is 26.1 Å². The van der Waals surface area contributed by atoms with Gasteiger partial charge in [-0.05, 0) is 58.1 Å². The maximum atomic E-state index is 12.9. The van der Waals surface area contributed by atoms with E-state index in [2.05, 4.69) is 10.6 Å². The molecule has 0 fully saturated rings. The first-order chi connectivity index (χ1) is 20.0. The number of carbonyl (C=O) groups is 3. The van der Waals surface area contributed by atoms with Gasteiger partial charge in [-0.25, -0.2) is 4.79 Å². The molecule has 0 saturated carbocycles.